The van der Waals surface area contributed by atoms with Crippen LogP contribution in [0, 0.1) is 0 Å². The number of methoxy groups -OCH3 is 2. The van der Waals surface area contributed by atoms with E-state index in [1.165, 1.54) is 0 Å². The highest BCUT2D eigenvalue weighted by atomic mass is 16.5. The lowest BCUT2D eigenvalue weighted by atomic mass is 10.0. The fourth-order valence-electron chi connectivity index (χ4n) is 3.34. The van der Waals surface area contributed by atoms with Crippen molar-refractivity contribution in [2.45, 2.75) is 39.3 Å². The van der Waals surface area contributed by atoms with Crippen molar-refractivity contribution in [3.05, 3.63) is 51.2 Å². The van der Waals surface area contributed by atoms with E-state index in [4.69, 9.17) is 9.47 Å². The standard InChI is InChI=1S/C19H25N3O3/c1-4-6-18-20-15-12-22(10-9-13(15)19(23)21-18)11-14-16(24-2)7-5-8-17(14)25-3/h5,7-8H,4,6,9-12H2,1-3H3,(H,20,21,23). The summed E-state index contributed by atoms with van der Waals surface area (Å²) in [5, 5.41) is 0. The highest BCUT2D eigenvalue weighted by Gasteiger charge is 2.23. The Bertz CT molecular complexity index is 779. The molecule has 25 heavy (non-hydrogen) atoms. The highest BCUT2D eigenvalue weighted by molar-refractivity contribution is 5.44. The van der Waals surface area contributed by atoms with Crippen LogP contribution in [0.2, 0.25) is 0 Å². The fourth-order valence-corrected chi connectivity index (χ4v) is 3.34. The van der Waals surface area contributed by atoms with Gasteiger partial charge in [-0.05, 0) is 25.0 Å². The second kappa shape index (κ2) is 7.70. The van der Waals surface area contributed by atoms with Crippen LogP contribution in [0.3, 0.4) is 0 Å². The molecule has 3 rings (SSSR count). The molecule has 0 bridgehead atoms. The number of aryl methyl sites for hydroxylation is 1. The molecule has 0 atom stereocenters. The lowest BCUT2D eigenvalue weighted by Gasteiger charge is -2.28. The number of nitrogens with one attached hydrogen (secondary N) is 1. The van der Waals surface area contributed by atoms with Crippen LogP contribution in [0.15, 0.2) is 23.0 Å². The maximum Gasteiger partial charge on any atom is 0.254 e. The number of aromatic nitrogens is 2. The number of benzene rings is 1. The maximum atomic E-state index is 12.3. The molecule has 2 heterocycles. The number of aromatic amines is 1. The number of nitrogens with zero attached hydrogens (tertiary/aromatic N) is 2. The highest BCUT2D eigenvalue weighted by Crippen LogP contribution is 2.30. The van der Waals surface area contributed by atoms with Crippen molar-refractivity contribution in [2.24, 2.45) is 0 Å². The van der Waals surface area contributed by atoms with Gasteiger partial charge in [0.25, 0.3) is 5.56 Å². The van der Waals surface area contributed by atoms with Gasteiger partial charge in [-0.2, -0.15) is 0 Å². The number of ether oxygens (including phenoxy) is 2. The molecule has 1 aliphatic rings. The molecule has 0 fully saturated rings. The van der Waals surface area contributed by atoms with Gasteiger partial charge in [-0.1, -0.05) is 13.0 Å². The zero-order chi connectivity index (χ0) is 17.8. The van der Waals surface area contributed by atoms with Gasteiger partial charge < -0.3 is 14.5 Å². The van der Waals surface area contributed by atoms with E-state index < -0.39 is 0 Å². The molecule has 1 aliphatic heterocycles. The molecular weight excluding hydrogens is 318 g/mol. The Kier molecular flexibility index (Phi) is 5.38. The third kappa shape index (κ3) is 3.69. The SMILES string of the molecule is CCCc1nc2c(c(=O)[nH]1)CCN(Cc1c(OC)cccc1OC)C2. The van der Waals surface area contributed by atoms with Crippen molar-refractivity contribution in [3.8, 4) is 11.5 Å². The van der Waals surface area contributed by atoms with Gasteiger partial charge in [-0.3, -0.25) is 9.69 Å². The summed E-state index contributed by atoms with van der Waals surface area (Å²) in [5.74, 6) is 2.41. The molecule has 134 valence electrons. The van der Waals surface area contributed by atoms with Crippen molar-refractivity contribution in [1.82, 2.24) is 14.9 Å². The minimum absolute atomic E-state index is 0.0166. The van der Waals surface area contributed by atoms with Gasteiger partial charge in [0.05, 0.1) is 25.5 Å². The molecule has 0 amide bonds. The Morgan fingerprint density at radius 2 is 1.96 bits per heavy atom. The van der Waals surface area contributed by atoms with Crippen LogP contribution in [0.4, 0.5) is 0 Å². The molecule has 6 nitrogen and oxygen atoms in total. The van der Waals surface area contributed by atoms with E-state index in [9.17, 15) is 4.79 Å². The van der Waals surface area contributed by atoms with Crippen LogP contribution in [-0.2, 0) is 25.9 Å². The van der Waals surface area contributed by atoms with Crippen LogP contribution in [0.5, 0.6) is 11.5 Å². The van der Waals surface area contributed by atoms with Crippen LogP contribution in [0.25, 0.3) is 0 Å². The van der Waals surface area contributed by atoms with Crippen LogP contribution in [-0.4, -0.2) is 35.6 Å². The summed E-state index contributed by atoms with van der Waals surface area (Å²) in [6.45, 7) is 4.26. The molecule has 0 unspecified atom stereocenters. The fraction of sp³-hybridized carbons (Fsp3) is 0.474. The van der Waals surface area contributed by atoms with Gasteiger partial charge in [-0.15, -0.1) is 0 Å². The first-order chi connectivity index (χ1) is 12.2. The first-order valence-electron chi connectivity index (χ1n) is 8.69. The van der Waals surface area contributed by atoms with Gasteiger partial charge in [0, 0.05) is 31.6 Å². The van der Waals surface area contributed by atoms with Crippen LogP contribution in [0.1, 0.15) is 36.0 Å². The lowest BCUT2D eigenvalue weighted by Crippen LogP contribution is -2.35. The van der Waals surface area contributed by atoms with Gasteiger partial charge in [0.2, 0.25) is 0 Å². The molecule has 1 N–H and O–H groups in total. The van der Waals surface area contributed by atoms with Gasteiger partial charge in [0.15, 0.2) is 0 Å². The van der Waals surface area contributed by atoms with Gasteiger partial charge in [-0.25, -0.2) is 4.98 Å². The number of hydrogen-bond acceptors (Lipinski definition) is 5. The predicted molar refractivity (Wildman–Crippen MR) is 96.2 cm³/mol. The Morgan fingerprint density at radius 3 is 2.60 bits per heavy atom. The van der Waals surface area contributed by atoms with E-state index in [-0.39, 0.29) is 5.56 Å². The Balaban J connectivity index is 1.85. The van der Waals surface area contributed by atoms with E-state index in [0.29, 0.717) is 19.5 Å². The molecule has 0 radical (unpaired) electrons. The average Bonchev–Trinajstić information content (AvgIpc) is 2.62. The van der Waals surface area contributed by atoms with E-state index in [0.717, 1.165) is 53.5 Å². The Labute approximate surface area is 147 Å². The Hall–Kier alpha value is -2.34. The maximum absolute atomic E-state index is 12.3. The molecule has 0 spiro atoms. The van der Waals surface area contributed by atoms with Crippen molar-refractivity contribution >= 4 is 0 Å². The molecule has 1 aromatic heterocycles. The summed E-state index contributed by atoms with van der Waals surface area (Å²) in [4.78, 5) is 22.1. The second-order valence-electron chi connectivity index (χ2n) is 6.29. The minimum Gasteiger partial charge on any atom is -0.496 e. The van der Waals surface area contributed by atoms with Crippen molar-refractivity contribution in [1.29, 1.82) is 0 Å². The Morgan fingerprint density at radius 1 is 1.24 bits per heavy atom. The summed E-state index contributed by atoms with van der Waals surface area (Å²) in [5.41, 5.74) is 2.76. The monoisotopic (exact) mass is 343 g/mol. The predicted octanol–water partition coefficient (Wildman–Crippen LogP) is 2.30. The second-order valence-corrected chi connectivity index (χ2v) is 6.29. The van der Waals surface area contributed by atoms with Crippen molar-refractivity contribution < 1.29 is 9.47 Å². The lowest BCUT2D eigenvalue weighted by molar-refractivity contribution is 0.232. The molecule has 0 aliphatic carbocycles. The third-order valence-corrected chi connectivity index (χ3v) is 4.60. The number of hydrogen-bond donors (Lipinski definition) is 1. The summed E-state index contributed by atoms with van der Waals surface area (Å²) >= 11 is 0. The van der Waals surface area contributed by atoms with Crippen molar-refractivity contribution in [3.63, 3.8) is 0 Å². The summed E-state index contributed by atoms with van der Waals surface area (Å²) < 4.78 is 11.0. The molecule has 6 heteroatoms. The van der Waals surface area contributed by atoms with E-state index in [2.05, 4.69) is 21.8 Å². The molecule has 0 saturated carbocycles. The topological polar surface area (TPSA) is 67.5 Å². The largest absolute Gasteiger partial charge is 0.496 e. The molecular formula is C19H25N3O3. The normalized spacial score (nSPS) is 14.2. The summed E-state index contributed by atoms with van der Waals surface area (Å²) in [6.07, 6.45) is 2.47. The molecule has 1 aromatic carbocycles. The smallest absolute Gasteiger partial charge is 0.254 e. The number of rotatable bonds is 6. The first-order valence-corrected chi connectivity index (χ1v) is 8.69. The first kappa shape index (κ1) is 17.5. The quantitative estimate of drug-likeness (QED) is 0.872. The molecule has 2 aromatic rings. The zero-order valence-corrected chi connectivity index (χ0v) is 15.1. The number of H-pyrrole nitrogens is 1. The third-order valence-electron chi connectivity index (χ3n) is 4.60. The number of fused-ring (bicyclic) bond motifs is 1. The van der Waals surface area contributed by atoms with E-state index in [1.807, 2.05) is 18.2 Å². The summed E-state index contributed by atoms with van der Waals surface area (Å²) in [6, 6.07) is 5.81. The van der Waals surface area contributed by atoms with Crippen LogP contribution < -0.4 is 15.0 Å². The minimum atomic E-state index is 0.0166. The average molecular weight is 343 g/mol. The van der Waals surface area contributed by atoms with Crippen molar-refractivity contribution in [2.75, 3.05) is 20.8 Å². The van der Waals surface area contributed by atoms with Gasteiger partial charge >= 0.3 is 0 Å². The van der Waals surface area contributed by atoms with Gasteiger partial charge in [0.1, 0.15) is 17.3 Å². The van der Waals surface area contributed by atoms with Crippen LogP contribution >= 0.6 is 0 Å². The summed E-state index contributed by atoms with van der Waals surface area (Å²) in [7, 11) is 3.34. The van der Waals surface area contributed by atoms with E-state index >= 15 is 0 Å². The molecule has 0 saturated heterocycles. The zero-order valence-electron chi connectivity index (χ0n) is 15.1. The van der Waals surface area contributed by atoms with E-state index in [1.54, 1.807) is 14.2 Å².